The highest BCUT2D eigenvalue weighted by molar-refractivity contribution is 5.92. The molecule has 7 heteroatoms. The highest BCUT2D eigenvalue weighted by Gasteiger charge is 2.20. The molecule has 2 aromatic heterocycles. The van der Waals surface area contributed by atoms with Gasteiger partial charge in [0.2, 0.25) is 0 Å². The van der Waals surface area contributed by atoms with Crippen molar-refractivity contribution in [3.63, 3.8) is 0 Å². The van der Waals surface area contributed by atoms with E-state index in [2.05, 4.69) is 5.32 Å². The van der Waals surface area contributed by atoms with Crippen molar-refractivity contribution in [3.05, 3.63) is 47.2 Å². The summed E-state index contributed by atoms with van der Waals surface area (Å²) < 4.78 is 17.9. The summed E-state index contributed by atoms with van der Waals surface area (Å²) in [7, 11) is 0. The third-order valence-corrected chi connectivity index (χ3v) is 4.57. The molecule has 0 radical (unpaired) electrons. The van der Waals surface area contributed by atoms with E-state index < -0.39 is 5.97 Å². The fraction of sp³-hybridized carbons (Fsp3) is 0.474. The highest BCUT2D eigenvalue weighted by atomic mass is 16.5. The van der Waals surface area contributed by atoms with Gasteiger partial charge >= 0.3 is 5.97 Å². The van der Waals surface area contributed by atoms with Crippen LogP contribution in [-0.2, 0) is 20.8 Å². The fourth-order valence-electron chi connectivity index (χ4n) is 3.10. The number of hydrogen-bond donors (Lipinski definition) is 1. The van der Waals surface area contributed by atoms with Crippen LogP contribution in [0.5, 0.6) is 0 Å². The smallest absolute Gasteiger partial charge is 0.340 e. The molecule has 1 aliphatic heterocycles. The van der Waals surface area contributed by atoms with Crippen molar-refractivity contribution in [2.45, 2.75) is 39.3 Å². The molecule has 140 valence electrons. The highest BCUT2D eigenvalue weighted by Crippen LogP contribution is 2.18. The summed E-state index contributed by atoms with van der Waals surface area (Å²) in [6.07, 6.45) is 3.65. The van der Waals surface area contributed by atoms with Crippen LogP contribution in [0.15, 0.2) is 28.9 Å². The van der Waals surface area contributed by atoms with Gasteiger partial charge in [0.15, 0.2) is 6.61 Å². The van der Waals surface area contributed by atoms with Gasteiger partial charge in [0.05, 0.1) is 24.5 Å². The van der Waals surface area contributed by atoms with E-state index in [9.17, 15) is 9.59 Å². The Bertz CT molecular complexity index is 757. The van der Waals surface area contributed by atoms with Crippen LogP contribution < -0.4 is 5.32 Å². The van der Waals surface area contributed by atoms with E-state index in [1.807, 2.05) is 30.5 Å². The van der Waals surface area contributed by atoms with E-state index in [1.54, 1.807) is 12.3 Å². The van der Waals surface area contributed by atoms with Crippen molar-refractivity contribution in [3.8, 4) is 0 Å². The molecular weight excluding hydrogens is 336 g/mol. The van der Waals surface area contributed by atoms with Crippen molar-refractivity contribution in [2.24, 2.45) is 0 Å². The van der Waals surface area contributed by atoms with Crippen LogP contribution in [-0.4, -0.2) is 42.3 Å². The zero-order chi connectivity index (χ0) is 18.5. The predicted octanol–water partition coefficient (Wildman–Crippen LogP) is 2.20. The van der Waals surface area contributed by atoms with Crippen LogP contribution in [0.25, 0.3) is 0 Å². The monoisotopic (exact) mass is 360 g/mol. The van der Waals surface area contributed by atoms with Gasteiger partial charge in [-0.15, -0.1) is 0 Å². The second-order valence-electron chi connectivity index (χ2n) is 6.47. The van der Waals surface area contributed by atoms with Crippen LogP contribution >= 0.6 is 0 Å². The summed E-state index contributed by atoms with van der Waals surface area (Å²) in [6.45, 7) is 5.20. The zero-order valence-electron chi connectivity index (χ0n) is 15.1. The van der Waals surface area contributed by atoms with Gasteiger partial charge in [-0.3, -0.25) is 4.79 Å². The SMILES string of the molecule is Cc1cc(C(=O)OCC(=O)NC[C@H]2CCCO2)c(C)n1Cc1ccco1. The van der Waals surface area contributed by atoms with Crippen LogP contribution in [0.1, 0.15) is 40.3 Å². The van der Waals surface area contributed by atoms with Crippen molar-refractivity contribution in [1.82, 2.24) is 9.88 Å². The van der Waals surface area contributed by atoms with Crippen LogP contribution in [0.2, 0.25) is 0 Å². The lowest BCUT2D eigenvalue weighted by Crippen LogP contribution is -2.34. The fourth-order valence-corrected chi connectivity index (χ4v) is 3.10. The average Bonchev–Trinajstić information content (AvgIpc) is 3.37. The second kappa shape index (κ2) is 8.23. The summed E-state index contributed by atoms with van der Waals surface area (Å²) in [5.41, 5.74) is 2.17. The number of rotatable bonds is 7. The molecule has 1 saturated heterocycles. The number of ether oxygens (including phenoxy) is 2. The molecule has 1 amide bonds. The first-order chi connectivity index (χ1) is 12.5. The Kier molecular flexibility index (Phi) is 5.78. The molecule has 2 aromatic rings. The first kappa shape index (κ1) is 18.3. The van der Waals surface area contributed by atoms with Crippen LogP contribution in [0.4, 0.5) is 0 Å². The van der Waals surface area contributed by atoms with E-state index >= 15 is 0 Å². The Balaban J connectivity index is 1.53. The van der Waals surface area contributed by atoms with E-state index in [0.717, 1.165) is 36.6 Å². The summed E-state index contributed by atoms with van der Waals surface area (Å²) in [5.74, 6) is -0.0190. The molecule has 1 N–H and O–H groups in total. The largest absolute Gasteiger partial charge is 0.467 e. The molecule has 0 saturated carbocycles. The summed E-state index contributed by atoms with van der Waals surface area (Å²) in [4.78, 5) is 24.2. The van der Waals surface area contributed by atoms with Gasteiger partial charge in [0.25, 0.3) is 5.91 Å². The van der Waals surface area contributed by atoms with Crippen molar-refractivity contribution in [1.29, 1.82) is 0 Å². The number of nitrogens with zero attached hydrogens (tertiary/aromatic N) is 1. The van der Waals surface area contributed by atoms with Gasteiger partial charge < -0.3 is 23.8 Å². The third kappa shape index (κ3) is 4.35. The lowest BCUT2D eigenvalue weighted by Gasteiger charge is -2.11. The molecule has 3 rings (SSSR count). The number of hydrogen-bond acceptors (Lipinski definition) is 5. The van der Waals surface area contributed by atoms with E-state index in [1.165, 1.54) is 0 Å². The number of carbonyl (C=O) groups is 2. The number of carbonyl (C=O) groups excluding carboxylic acids is 2. The van der Waals surface area contributed by atoms with Crippen molar-refractivity contribution >= 4 is 11.9 Å². The minimum absolute atomic E-state index is 0.0650. The Morgan fingerprint density at radius 2 is 2.23 bits per heavy atom. The molecule has 3 heterocycles. The Labute approximate surface area is 152 Å². The molecule has 1 aliphatic rings. The number of esters is 1. The van der Waals surface area contributed by atoms with Gasteiger partial charge in [-0.2, -0.15) is 0 Å². The van der Waals surface area contributed by atoms with E-state index in [0.29, 0.717) is 18.7 Å². The molecule has 0 unspecified atom stereocenters. The molecule has 0 spiro atoms. The predicted molar refractivity (Wildman–Crippen MR) is 94.0 cm³/mol. The standard InChI is InChI=1S/C19H24N2O5/c1-13-9-17(14(2)21(13)11-16-6-4-8-25-16)19(23)26-12-18(22)20-10-15-5-3-7-24-15/h4,6,8-9,15H,3,5,7,10-12H2,1-2H3,(H,20,22)/t15-/m1/s1. The first-order valence-corrected chi connectivity index (χ1v) is 8.79. The number of amides is 1. The Morgan fingerprint density at radius 1 is 1.38 bits per heavy atom. The third-order valence-electron chi connectivity index (χ3n) is 4.57. The summed E-state index contributed by atoms with van der Waals surface area (Å²) >= 11 is 0. The molecule has 1 fully saturated rings. The maximum atomic E-state index is 12.3. The average molecular weight is 360 g/mol. The quantitative estimate of drug-likeness (QED) is 0.766. The maximum Gasteiger partial charge on any atom is 0.340 e. The first-order valence-electron chi connectivity index (χ1n) is 8.79. The lowest BCUT2D eigenvalue weighted by molar-refractivity contribution is -0.124. The van der Waals surface area contributed by atoms with Gasteiger partial charge in [0.1, 0.15) is 5.76 Å². The molecule has 7 nitrogen and oxygen atoms in total. The maximum absolute atomic E-state index is 12.3. The second-order valence-corrected chi connectivity index (χ2v) is 6.47. The van der Waals surface area contributed by atoms with E-state index in [-0.39, 0.29) is 18.6 Å². The zero-order valence-corrected chi connectivity index (χ0v) is 15.1. The molecule has 1 atom stereocenters. The summed E-state index contributed by atoms with van der Waals surface area (Å²) in [6, 6.07) is 5.48. The molecule has 0 aromatic carbocycles. The normalized spacial score (nSPS) is 16.6. The number of aromatic nitrogens is 1. The van der Waals surface area contributed by atoms with Gasteiger partial charge in [-0.25, -0.2) is 4.79 Å². The van der Waals surface area contributed by atoms with Gasteiger partial charge in [-0.05, 0) is 44.9 Å². The molecule has 0 bridgehead atoms. The molecule has 26 heavy (non-hydrogen) atoms. The Hall–Kier alpha value is -2.54. The number of aryl methyl sites for hydroxylation is 1. The van der Waals surface area contributed by atoms with Crippen molar-refractivity contribution in [2.75, 3.05) is 19.8 Å². The van der Waals surface area contributed by atoms with E-state index in [4.69, 9.17) is 13.9 Å². The van der Waals surface area contributed by atoms with Crippen LogP contribution in [0.3, 0.4) is 0 Å². The van der Waals surface area contributed by atoms with Crippen LogP contribution in [0, 0.1) is 13.8 Å². The van der Waals surface area contributed by atoms with Crippen molar-refractivity contribution < 1.29 is 23.5 Å². The minimum Gasteiger partial charge on any atom is -0.467 e. The minimum atomic E-state index is -0.504. The topological polar surface area (TPSA) is 82.7 Å². The number of furan rings is 1. The lowest BCUT2D eigenvalue weighted by atomic mass is 10.2. The molecular formula is C19H24N2O5. The van der Waals surface area contributed by atoms with Gasteiger partial charge in [-0.1, -0.05) is 0 Å². The molecule has 0 aliphatic carbocycles. The Morgan fingerprint density at radius 3 is 2.92 bits per heavy atom. The number of nitrogens with one attached hydrogen (secondary N) is 1. The summed E-state index contributed by atoms with van der Waals surface area (Å²) in [5, 5.41) is 2.73. The van der Waals surface area contributed by atoms with Gasteiger partial charge in [0, 0.05) is 24.5 Å².